The van der Waals surface area contributed by atoms with Gasteiger partial charge in [0.25, 0.3) is 0 Å². The van der Waals surface area contributed by atoms with Crippen LogP contribution in [0.1, 0.15) is 30.9 Å². The summed E-state index contributed by atoms with van der Waals surface area (Å²) in [7, 11) is 2.21. The van der Waals surface area contributed by atoms with E-state index in [1.54, 1.807) is 0 Å². The minimum absolute atomic E-state index is 0.618. The monoisotopic (exact) mass is 262 g/mol. The first-order valence-electron chi connectivity index (χ1n) is 7.33. The van der Waals surface area contributed by atoms with Crippen molar-refractivity contribution in [2.45, 2.75) is 39.3 Å². The van der Waals surface area contributed by atoms with E-state index in [9.17, 15) is 0 Å². The lowest BCUT2D eigenvalue weighted by Gasteiger charge is -2.34. The van der Waals surface area contributed by atoms with Crippen molar-refractivity contribution in [3.8, 4) is 0 Å². The number of anilines is 1. The van der Waals surface area contributed by atoms with Gasteiger partial charge in [-0.25, -0.2) is 0 Å². The number of benzene rings is 1. The molecular formula is C16H26N2O. The maximum Gasteiger partial charge on any atom is 0.0485 e. The Kier molecular flexibility index (Phi) is 5.23. The molecule has 2 rings (SSSR count). The van der Waals surface area contributed by atoms with E-state index in [4.69, 9.17) is 4.74 Å². The highest BCUT2D eigenvalue weighted by Gasteiger charge is 2.19. The summed E-state index contributed by atoms with van der Waals surface area (Å²) >= 11 is 0. The van der Waals surface area contributed by atoms with Crippen molar-refractivity contribution in [2.24, 2.45) is 0 Å². The number of nitrogens with zero attached hydrogens (tertiary/aromatic N) is 1. The van der Waals surface area contributed by atoms with Crippen molar-refractivity contribution in [1.29, 1.82) is 0 Å². The molecule has 0 radical (unpaired) electrons. The lowest BCUT2D eigenvalue weighted by Crippen LogP contribution is -2.37. The molecule has 0 spiro atoms. The fourth-order valence-electron chi connectivity index (χ4n) is 2.76. The topological polar surface area (TPSA) is 24.5 Å². The highest BCUT2D eigenvalue weighted by atomic mass is 16.5. The van der Waals surface area contributed by atoms with Gasteiger partial charge < -0.3 is 15.0 Å². The molecule has 106 valence electrons. The zero-order valence-electron chi connectivity index (χ0n) is 12.4. The minimum atomic E-state index is 0.618. The third-order valence-electron chi connectivity index (χ3n) is 3.96. The van der Waals surface area contributed by atoms with Crippen LogP contribution >= 0.6 is 0 Å². The van der Waals surface area contributed by atoms with Crippen LogP contribution in [0, 0.1) is 6.92 Å². The molecule has 1 saturated heterocycles. The standard InChI is InChI=1S/C16H26N2O/c1-4-17-12-14-5-6-16(13(2)11-14)18(3)15-7-9-19-10-8-15/h5-6,11,15,17H,4,7-10,12H2,1-3H3. The molecule has 1 heterocycles. The molecule has 1 N–H and O–H groups in total. The van der Waals surface area contributed by atoms with Gasteiger partial charge in [-0.2, -0.15) is 0 Å². The van der Waals surface area contributed by atoms with Crippen LogP contribution in [0.4, 0.5) is 5.69 Å². The summed E-state index contributed by atoms with van der Waals surface area (Å²) in [5.41, 5.74) is 4.08. The van der Waals surface area contributed by atoms with E-state index < -0.39 is 0 Å². The van der Waals surface area contributed by atoms with E-state index in [0.717, 1.165) is 39.1 Å². The summed E-state index contributed by atoms with van der Waals surface area (Å²) < 4.78 is 5.44. The Morgan fingerprint density at radius 1 is 1.32 bits per heavy atom. The van der Waals surface area contributed by atoms with Gasteiger partial charge in [0, 0.05) is 38.5 Å². The molecule has 1 aliphatic rings. The average Bonchev–Trinajstić information content (AvgIpc) is 2.45. The van der Waals surface area contributed by atoms with E-state index in [1.165, 1.54) is 16.8 Å². The second kappa shape index (κ2) is 6.92. The second-order valence-electron chi connectivity index (χ2n) is 5.36. The molecule has 0 bridgehead atoms. The predicted octanol–water partition coefficient (Wildman–Crippen LogP) is 2.72. The number of rotatable bonds is 5. The molecule has 0 atom stereocenters. The van der Waals surface area contributed by atoms with Crippen molar-refractivity contribution >= 4 is 5.69 Å². The Labute approximate surface area is 116 Å². The van der Waals surface area contributed by atoms with E-state index in [2.05, 4.69) is 49.3 Å². The average molecular weight is 262 g/mol. The van der Waals surface area contributed by atoms with Crippen LogP contribution in [0.2, 0.25) is 0 Å². The van der Waals surface area contributed by atoms with Crippen molar-refractivity contribution < 1.29 is 4.74 Å². The summed E-state index contributed by atoms with van der Waals surface area (Å²) in [4.78, 5) is 2.43. The van der Waals surface area contributed by atoms with Crippen molar-refractivity contribution in [2.75, 3.05) is 31.7 Å². The van der Waals surface area contributed by atoms with Gasteiger partial charge in [-0.15, -0.1) is 0 Å². The predicted molar refractivity (Wildman–Crippen MR) is 80.8 cm³/mol. The summed E-state index contributed by atoms with van der Waals surface area (Å²) in [5.74, 6) is 0. The van der Waals surface area contributed by atoms with Gasteiger partial charge in [0.05, 0.1) is 0 Å². The lowest BCUT2D eigenvalue weighted by molar-refractivity contribution is 0.0854. The molecule has 0 amide bonds. The van der Waals surface area contributed by atoms with Crippen LogP contribution in [0.3, 0.4) is 0 Å². The van der Waals surface area contributed by atoms with Gasteiger partial charge in [-0.3, -0.25) is 0 Å². The van der Waals surface area contributed by atoms with Crippen LogP contribution in [0.5, 0.6) is 0 Å². The van der Waals surface area contributed by atoms with E-state index >= 15 is 0 Å². The van der Waals surface area contributed by atoms with Crippen LogP contribution in [-0.2, 0) is 11.3 Å². The number of hydrogen-bond donors (Lipinski definition) is 1. The van der Waals surface area contributed by atoms with Gasteiger partial charge in [0.2, 0.25) is 0 Å². The fourth-order valence-corrected chi connectivity index (χ4v) is 2.76. The van der Waals surface area contributed by atoms with Gasteiger partial charge >= 0.3 is 0 Å². The van der Waals surface area contributed by atoms with Gasteiger partial charge in [0.15, 0.2) is 0 Å². The third kappa shape index (κ3) is 3.71. The van der Waals surface area contributed by atoms with Crippen LogP contribution in [0.15, 0.2) is 18.2 Å². The SMILES string of the molecule is CCNCc1ccc(N(C)C2CCOCC2)c(C)c1. The summed E-state index contributed by atoms with van der Waals surface area (Å²) in [6.45, 7) is 8.11. The molecule has 0 saturated carbocycles. The molecule has 0 aromatic heterocycles. The van der Waals surface area contributed by atoms with Crippen LogP contribution in [-0.4, -0.2) is 32.8 Å². The largest absolute Gasteiger partial charge is 0.381 e. The molecule has 3 heteroatoms. The second-order valence-corrected chi connectivity index (χ2v) is 5.36. The first-order valence-corrected chi connectivity index (χ1v) is 7.33. The highest BCUT2D eigenvalue weighted by Crippen LogP contribution is 2.25. The summed E-state index contributed by atoms with van der Waals surface area (Å²) in [6.07, 6.45) is 2.27. The van der Waals surface area contributed by atoms with Crippen molar-refractivity contribution in [3.63, 3.8) is 0 Å². The van der Waals surface area contributed by atoms with Crippen molar-refractivity contribution in [3.05, 3.63) is 29.3 Å². The van der Waals surface area contributed by atoms with E-state index in [-0.39, 0.29) is 0 Å². The lowest BCUT2D eigenvalue weighted by atomic mass is 10.0. The Morgan fingerprint density at radius 2 is 2.05 bits per heavy atom. The third-order valence-corrected chi connectivity index (χ3v) is 3.96. The molecule has 1 aromatic carbocycles. The van der Waals surface area contributed by atoms with Gasteiger partial charge in [-0.1, -0.05) is 19.1 Å². The maximum atomic E-state index is 5.44. The zero-order chi connectivity index (χ0) is 13.7. The zero-order valence-corrected chi connectivity index (χ0v) is 12.4. The molecule has 3 nitrogen and oxygen atoms in total. The first-order chi connectivity index (χ1) is 9.22. The molecule has 0 unspecified atom stereocenters. The van der Waals surface area contributed by atoms with Gasteiger partial charge in [0.1, 0.15) is 0 Å². The fraction of sp³-hybridized carbons (Fsp3) is 0.625. The van der Waals surface area contributed by atoms with Crippen LogP contribution in [0.25, 0.3) is 0 Å². The summed E-state index contributed by atoms with van der Waals surface area (Å²) in [5, 5.41) is 3.37. The molecule has 1 fully saturated rings. The van der Waals surface area contributed by atoms with Crippen molar-refractivity contribution in [1.82, 2.24) is 5.32 Å². The molecule has 1 aliphatic heterocycles. The normalized spacial score (nSPS) is 16.6. The molecular weight excluding hydrogens is 236 g/mol. The molecule has 0 aliphatic carbocycles. The van der Waals surface area contributed by atoms with Gasteiger partial charge in [-0.05, 0) is 43.5 Å². The van der Waals surface area contributed by atoms with E-state index in [0.29, 0.717) is 6.04 Å². The number of hydrogen-bond acceptors (Lipinski definition) is 3. The number of ether oxygens (including phenoxy) is 1. The quantitative estimate of drug-likeness (QED) is 0.883. The Bertz CT molecular complexity index is 400. The first kappa shape index (κ1) is 14.4. The minimum Gasteiger partial charge on any atom is -0.381 e. The molecule has 19 heavy (non-hydrogen) atoms. The van der Waals surface area contributed by atoms with Crippen LogP contribution < -0.4 is 10.2 Å². The summed E-state index contributed by atoms with van der Waals surface area (Å²) in [6, 6.07) is 7.42. The number of aryl methyl sites for hydroxylation is 1. The maximum absolute atomic E-state index is 5.44. The highest BCUT2D eigenvalue weighted by molar-refractivity contribution is 5.54. The Hall–Kier alpha value is -1.06. The molecule has 1 aromatic rings. The van der Waals surface area contributed by atoms with E-state index in [1.807, 2.05) is 0 Å². The number of nitrogens with one attached hydrogen (secondary N) is 1. The smallest absolute Gasteiger partial charge is 0.0485 e. The Morgan fingerprint density at radius 3 is 2.68 bits per heavy atom. The Balaban J connectivity index is 2.06.